The third kappa shape index (κ3) is 2.92. The minimum atomic E-state index is 0.609. The fraction of sp³-hybridized carbons (Fsp3) is 1.00. The third-order valence-electron chi connectivity index (χ3n) is 3.62. The second-order valence-electron chi connectivity index (χ2n) is 4.68. The molecule has 2 aliphatic rings. The van der Waals surface area contributed by atoms with Crippen LogP contribution in [0.5, 0.6) is 0 Å². The topological polar surface area (TPSA) is 30.5 Å². The Bertz CT molecular complexity index is 174. The maximum atomic E-state index is 5.59. The van der Waals surface area contributed by atoms with Crippen LogP contribution in [0.15, 0.2) is 0 Å². The zero-order chi connectivity index (χ0) is 10.5. The maximum Gasteiger partial charge on any atom is 0.0510 e. The normalized spacial score (nSPS) is 34.2. The van der Waals surface area contributed by atoms with E-state index in [-0.39, 0.29) is 0 Å². The van der Waals surface area contributed by atoms with Gasteiger partial charge < -0.3 is 14.8 Å². The van der Waals surface area contributed by atoms with Crippen LogP contribution in [0.4, 0.5) is 0 Å². The van der Waals surface area contributed by atoms with Crippen molar-refractivity contribution in [3.05, 3.63) is 0 Å². The van der Waals surface area contributed by atoms with Crippen molar-refractivity contribution in [1.82, 2.24) is 5.32 Å². The number of rotatable bonds is 4. The lowest BCUT2D eigenvalue weighted by Gasteiger charge is -2.34. The van der Waals surface area contributed by atoms with Crippen molar-refractivity contribution in [2.75, 3.05) is 33.0 Å². The van der Waals surface area contributed by atoms with Gasteiger partial charge in [0, 0.05) is 25.2 Å². The largest absolute Gasteiger partial charge is 0.381 e. The molecule has 15 heavy (non-hydrogen) atoms. The van der Waals surface area contributed by atoms with Gasteiger partial charge in [0.15, 0.2) is 0 Å². The molecule has 0 amide bonds. The highest BCUT2D eigenvalue weighted by Crippen LogP contribution is 2.27. The van der Waals surface area contributed by atoms with Crippen LogP contribution >= 0.6 is 0 Å². The molecule has 2 saturated heterocycles. The van der Waals surface area contributed by atoms with E-state index in [1.54, 1.807) is 0 Å². The SMILES string of the molecule is CCNC(C1CCCOC1)C1CCOC1. The van der Waals surface area contributed by atoms with Crippen molar-refractivity contribution in [1.29, 1.82) is 0 Å². The molecular formula is C12H23NO2. The molecule has 3 nitrogen and oxygen atoms in total. The maximum absolute atomic E-state index is 5.59. The Hall–Kier alpha value is -0.120. The predicted octanol–water partition coefficient (Wildman–Crippen LogP) is 1.43. The van der Waals surface area contributed by atoms with E-state index in [1.807, 2.05) is 0 Å². The Morgan fingerprint density at radius 2 is 1.87 bits per heavy atom. The number of hydrogen-bond acceptors (Lipinski definition) is 3. The molecule has 0 aromatic rings. The van der Waals surface area contributed by atoms with Gasteiger partial charge >= 0.3 is 0 Å². The van der Waals surface area contributed by atoms with E-state index >= 15 is 0 Å². The van der Waals surface area contributed by atoms with Crippen molar-refractivity contribution in [3.8, 4) is 0 Å². The van der Waals surface area contributed by atoms with Crippen molar-refractivity contribution < 1.29 is 9.47 Å². The molecule has 3 unspecified atom stereocenters. The molecular weight excluding hydrogens is 190 g/mol. The van der Waals surface area contributed by atoms with Crippen LogP contribution in [0.25, 0.3) is 0 Å². The molecule has 0 spiro atoms. The van der Waals surface area contributed by atoms with Crippen LogP contribution in [0.2, 0.25) is 0 Å². The summed E-state index contributed by atoms with van der Waals surface area (Å²) in [5, 5.41) is 3.63. The minimum Gasteiger partial charge on any atom is -0.381 e. The van der Waals surface area contributed by atoms with Gasteiger partial charge in [-0.1, -0.05) is 6.92 Å². The van der Waals surface area contributed by atoms with Gasteiger partial charge in [-0.25, -0.2) is 0 Å². The summed E-state index contributed by atoms with van der Waals surface area (Å²) in [7, 11) is 0. The molecule has 2 heterocycles. The quantitative estimate of drug-likeness (QED) is 0.766. The van der Waals surface area contributed by atoms with Gasteiger partial charge in [0.05, 0.1) is 13.2 Å². The highest BCUT2D eigenvalue weighted by atomic mass is 16.5. The fourth-order valence-corrected chi connectivity index (χ4v) is 2.84. The van der Waals surface area contributed by atoms with E-state index in [9.17, 15) is 0 Å². The second kappa shape index (κ2) is 5.83. The van der Waals surface area contributed by atoms with Crippen molar-refractivity contribution in [2.24, 2.45) is 11.8 Å². The molecule has 2 aliphatic heterocycles. The third-order valence-corrected chi connectivity index (χ3v) is 3.62. The average Bonchev–Trinajstić information content (AvgIpc) is 2.80. The molecule has 0 aromatic heterocycles. The average molecular weight is 213 g/mol. The van der Waals surface area contributed by atoms with Crippen LogP contribution in [-0.4, -0.2) is 39.0 Å². The van der Waals surface area contributed by atoms with Crippen LogP contribution in [0.3, 0.4) is 0 Å². The fourth-order valence-electron chi connectivity index (χ4n) is 2.84. The van der Waals surface area contributed by atoms with Gasteiger partial charge in [0.25, 0.3) is 0 Å². The molecule has 2 rings (SSSR count). The molecule has 0 saturated carbocycles. The summed E-state index contributed by atoms with van der Waals surface area (Å²) in [6.07, 6.45) is 3.75. The van der Waals surface area contributed by atoms with Crippen LogP contribution in [0.1, 0.15) is 26.2 Å². The van der Waals surface area contributed by atoms with Gasteiger partial charge in [0.2, 0.25) is 0 Å². The standard InChI is InChI=1S/C12H23NO2/c1-2-13-12(11-5-7-15-9-11)10-4-3-6-14-8-10/h10-13H,2-9H2,1H3. The van der Waals surface area contributed by atoms with Gasteiger partial charge in [-0.2, -0.15) is 0 Å². The van der Waals surface area contributed by atoms with Gasteiger partial charge in [-0.15, -0.1) is 0 Å². The summed E-state index contributed by atoms with van der Waals surface area (Å²) in [6, 6.07) is 0.609. The lowest BCUT2D eigenvalue weighted by atomic mass is 9.84. The number of ether oxygens (including phenoxy) is 2. The van der Waals surface area contributed by atoms with Crippen LogP contribution < -0.4 is 5.32 Å². The van der Waals surface area contributed by atoms with Gasteiger partial charge in [0.1, 0.15) is 0 Å². The first-order chi connectivity index (χ1) is 7.42. The molecule has 0 aromatic carbocycles. The monoisotopic (exact) mass is 213 g/mol. The Kier molecular flexibility index (Phi) is 4.42. The van der Waals surface area contributed by atoms with Gasteiger partial charge in [-0.3, -0.25) is 0 Å². The number of nitrogens with one attached hydrogen (secondary N) is 1. The van der Waals surface area contributed by atoms with Crippen LogP contribution in [-0.2, 0) is 9.47 Å². The van der Waals surface area contributed by atoms with E-state index in [0.29, 0.717) is 17.9 Å². The van der Waals surface area contributed by atoms with E-state index in [2.05, 4.69) is 12.2 Å². The molecule has 2 fully saturated rings. The Morgan fingerprint density at radius 3 is 2.47 bits per heavy atom. The molecule has 3 heteroatoms. The Balaban J connectivity index is 1.90. The summed E-state index contributed by atoms with van der Waals surface area (Å²) >= 11 is 0. The first kappa shape index (κ1) is 11.4. The zero-order valence-corrected chi connectivity index (χ0v) is 9.71. The van der Waals surface area contributed by atoms with E-state index < -0.39 is 0 Å². The first-order valence-electron chi connectivity index (χ1n) is 6.30. The molecule has 3 atom stereocenters. The van der Waals surface area contributed by atoms with Crippen molar-refractivity contribution >= 4 is 0 Å². The van der Waals surface area contributed by atoms with E-state index in [0.717, 1.165) is 33.0 Å². The molecule has 0 radical (unpaired) electrons. The van der Waals surface area contributed by atoms with E-state index in [1.165, 1.54) is 19.3 Å². The lowest BCUT2D eigenvalue weighted by molar-refractivity contribution is 0.0275. The van der Waals surface area contributed by atoms with Gasteiger partial charge in [-0.05, 0) is 31.7 Å². The molecule has 0 aliphatic carbocycles. The lowest BCUT2D eigenvalue weighted by Crippen LogP contribution is -2.45. The summed E-state index contributed by atoms with van der Waals surface area (Å²) in [5.41, 5.74) is 0. The summed E-state index contributed by atoms with van der Waals surface area (Å²) < 4.78 is 11.1. The van der Waals surface area contributed by atoms with Crippen LogP contribution in [0, 0.1) is 11.8 Å². The van der Waals surface area contributed by atoms with Crippen molar-refractivity contribution in [2.45, 2.75) is 32.2 Å². The van der Waals surface area contributed by atoms with E-state index in [4.69, 9.17) is 9.47 Å². The minimum absolute atomic E-state index is 0.609. The molecule has 1 N–H and O–H groups in total. The Morgan fingerprint density at radius 1 is 1.13 bits per heavy atom. The predicted molar refractivity (Wildman–Crippen MR) is 59.9 cm³/mol. The summed E-state index contributed by atoms with van der Waals surface area (Å²) in [5.74, 6) is 1.40. The smallest absolute Gasteiger partial charge is 0.0510 e. The second-order valence-corrected chi connectivity index (χ2v) is 4.68. The summed E-state index contributed by atoms with van der Waals surface area (Å²) in [4.78, 5) is 0. The highest BCUT2D eigenvalue weighted by molar-refractivity contribution is 4.86. The number of hydrogen-bond donors (Lipinski definition) is 1. The first-order valence-corrected chi connectivity index (χ1v) is 6.30. The molecule has 88 valence electrons. The summed E-state index contributed by atoms with van der Waals surface area (Å²) in [6.45, 7) is 7.02. The van der Waals surface area contributed by atoms with Crippen molar-refractivity contribution in [3.63, 3.8) is 0 Å². The Labute approximate surface area is 92.5 Å². The molecule has 0 bridgehead atoms. The highest BCUT2D eigenvalue weighted by Gasteiger charge is 2.32. The zero-order valence-electron chi connectivity index (χ0n) is 9.71.